The predicted molar refractivity (Wildman–Crippen MR) is 68.7 cm³/mol. The van der Waals surface area contributed by atoms with Gasteiger partial charge < -0.3 is 0 Å². The van der Waals surface area contributed by atoms with E-state index in [1.807, 2.05) is 30.3 Å². The number of hydrogen-bond donors (Lipinski definition) is 0. The molecule has 4 heteroatoms. The Morgan fingerprint density at radius 3 is 2.53 bits per heavy atom. The molecule has 0 unspecified atom stereocenters. The van der Waals surface area contributed by atoms with Crippen molar-refractivity contribution in [3.63, 3.8) is 0 Å². The fourth-order valence-corrected chi connectivity index (χ4v) is 1.97. The molecule has 0 bridgehead atoms. The number of pyridine rings is 1. The first kappa shape index (κ1) is 12.1. The molecule has 1 heterocycles. The molecule has 0 spiro atoms. The van der Waals surface area contributed by atoms with Crippen LogP contribution < -0.4 is 0 Å². The topological polar surface area (TPSA) is 30.0 Å². The zero-order chi connectivity index (χ0) is 12.3. The molecule has 0 radical (unpaired) electrons. The number of aromatic nitrogens is 1. The van der Waals surface area contributed by atoms with Crippen molar-refractivity contribution in [3.05, 3.63) is 63.9 Å². The fraction of sp³-hybridized carbons (Fsp3) is 0.0769. The monoisotopic (exact) mass is 265 g/mol. The highest BCUT2D eigenvalue weighted by Gasteiger charge is 2.12. The summed E-state index contributed by atoms with van der Waals surface area (Å²) < 4.78 is 0. The van der Waals surface area contributed by atoms with Crippen molar-refractivity contribution in [2.75, 3.05) is 0 Å². The number of ketones is 1. The van der Waals surface area contributed by atoms with E-state index >= 15 is 0 Å². The normalized spacial score (nSPS) is 10.2. The Morgan fingerprint density at radius 1 is 1.18 bits per heavy atom. The van der Waals surface area contributed by atoms with Crippen LogP contribution >= 0.6 is 23.2 Å². The van der Waals surface area contributed by atoms with Crippen LogP contribution in [0.25, 0.3) is 0 Å². The number of halogens is 2. The fourth-order valence-electron chi connectivity index (χ4n) is 1.48. The number of benzene rings is 1. The van der Waals surface area contributed by atoms with Crippen molar-refractivity contribution in [2.45, 2.75) is 6.42 Å². The number of carbonyl (C=O) groups is 1. The lowest BCUT2D eigenvalue weighted by Crippen LogP contribution is -2.06. The van der Waals surface area contributed by atoms with E-state index in [0.29, 0.717) is 10.0 Å². The molecule has 0 saturated heterocycles. The largest absolute Gasteiger partial charge is 0.292 e. The van der Waals surface area contributed by atoms with Crippen LogP contribution in [0.1, 0.15) is 16.1 Å². The average Bonchev–Trinajstić information content (AvgIpc) is 2.30. The van der Waals surface area contributed by atoms with E-state index in [2.05, 4.69) is 4.98 Å². The predicted octanol–water partition coefficient (Wildman–Crippen LogP) is 3.81. The van der Waals surface area contributed by atoms with E-state index in [1.165, 1.54) is 12.3 Å². The second-order valence-electron chi connectivity index (χ2n) is 3.57. The minimum absolute atomic E-state index is 0.113. The van der Waals surface area contributed by atoms with Crippen LogP contribution in [0.4, 0.5) is 0 Å². The van der Waals surface area contributed by atoms with Gasteiger partial charge in [-0.1, -0.05) is 53.5 Å². The van der Waals surface area contributed by atoms with Gasteiger partial charge in [-0.2, -0.15) is 0 Å². The minimum Gasteiger partial charge on any atom is -0.292 e. The highest BCUT2D eigenvalue weighted by atomic mass is 35.5. The molecule has 0 atom stereocenters. The molecule has 0 saturated carbocycles. The molecule has 2 aromatic rings. The van der Waals surface area contributed by atoms with E-state index in [0.717, 1.165) is 5.56 Å². The van der Waals surface area contributed by atoms with Gasteiger partial charge in [0.1, 0.15) is 5.69 Å². The van der Waals surface area contributed by atoms with Crippen LogP contribution in [0, 0.1) is 0 Å². The van der Waals surface area contributed by atoms with E-state index in [9.17, 15) is 4.79 Å². The number of nitrogens with zero attached hydrogens (tertiary/aromatic N) is 1. The molecule has 2 rings (SSSR count). The third-order valence-electron chi connectivity index (χ3n) is 2.28. The van der Waals surface area contributed by atoms with E-state index in [1.54, 1.807) is 0 Å². The highest BCUT2D eigenvalue weighted by molar-refractivity contribution is 6.36. The first-order chi connectivity index (χ1) is 8.16. The zero-order valence-electron chi connectivity index (χ0n) is 8.86. The molecule has 2 nitrogen and oxygen atoms in total. The average molecular weight is 266 g/mol. The molecule has 0 aliphatic heterocycles. The summed E-state index contributed by atoms with van der Waals surface area (Å²) in [7, 11) is 0. The molecule has 0 amide bonds. The van der Waals surface area contributed by atoms with Crippen LogP contribution in [-0.2, 0) is 6.42 Å². The van der Waals surface area contributed by atoms with Crippen molar-refractivity contribution in [2.24, 2.45) is 0 Å². The van der Waals surface area contributed by atoms with Crippen molar-refractivity contribution < 1.29 is 4.79 Å². The smallest absolute Gasteiger partial charge is 0.187 e. The zero-order valence-corrected chi connectivity index (χ0v) is 10.4. The lowest BCUT2D eigenvalue weighted by molar-refractivity contribution is 0.0988. The van der Waals surface area contributed by atoms with Gasteiger partial charge in [-0.25, -0.2) is 4.98 Å². The van der Waals surface area contributed by atoms with Gasteiger partial charge in [0.2, 0.25) is 0 Å². The molecule has 1 aromatic heterocycles. The molecular weight excluding hydrogens is 257 g/mol. The van der Waals surface area contributed by atoms with Gasteiger partial charge in [-0.3, -0.25) is 4.79 Å². The molecule has 86 valence electrons. The number of carbonyl (C=O) groups excluding carboxylic acids is 1. The molecule has 0 aliphatic rings. The van der Waals surface area contributed by atoms with Gasteiger partial charge in [0.25, 0.3) is 0 Å². The third-order valence-corrected chi connectivity index (χ3v) is 2.77. The van der Waals surface area contributed by atoms with Crippen molar-refractivity contribution in [1.82, 2.24) is 4.98 Å². The Kier molecular flexibility index (Phi) is 3.77. The van der Waals surface area contributed by atoms with Gasteiger partial charge in [0.05, 0.1) is 10.0 Å². The molecule has 1 aromatic carbocycles. The first-order valence-electron chi connectivity index (χ1n) is 5.05. The van der Waals surface area contributed by atoms with Crippen LogP contribution in [-0.4, -0.2) is 10.8 Å². The van der Waals surface area contributed by atoms with Crippen LogP contribution in [0.2, 0.25) is 10.0 Å². The van der Waals surface area contributed by atoms with Gasteiger partial charge in [-0.05, 0) is 11.6 Å². The van der Waals surface area contributed by atoms with Crippen molar-refractivity contribution in [1.29, 1.82) is 0 Å². The second kappa shape index (κ2) is 5.30. The Balaban J connectivity index is 2.21. The quantitative estimate of drug-likeness (QED) is 0.790. The summed E-state index contributed by atoms with van der Waals surface area (Å²) in [4.78, 5) is 15.9. The Hall–Kier alpha value is -1.38. The van der Waals surface area contributed by atoms with Crippen LogP contribution in [0.3, 0.4) is 0 Å². The van der Waals surface area contributed by atoms with Crippen molar-refractivity contribution >= 4 is 29.0 Å². The Bertz CT molecular complexity index is 540. The maximum Gasteiger partial charge on any atom is 0.187 e. The standard InChI is InChI=1S/C13H9Cl2NO/c14-10-7-11(15)13(16-8-10)12(17)6-9-4-2-1-3-5-9/h1-5,7-8H,6H2. The summed E-state index contributed by atoms with van der Waals surface area (Å²) in [6, 6.07) is 11.0. The summed E-state index contributed by atoms with van der Waals surface area (Å²) in [5.41, 5.74) is 1.20. The van der Waals surface area contributed by atoms with Gasteiger partial charge in [0, 0.05) is 12.6 Å². The first-order valence-corrected chi connectivity index (χ1v) is 5.80. The number of hydrogen-bond acceptors (Lipinski definition) is 2. The summed E-state index contributed by atoms with van der Waals surface area (Å²) >= 11 is 11.6. The van der Waals surface area contributed by atoms with E-state index < -0.39 is 0 Å². The van der Waals surface area contributed by atoms with Crippen LogP contribution in [0.15, 0.2) is 42.6 Å². The summed E-state index contributed by atoms with van der Waals surface area (Å²) in [6.45, 7) is 0. The second-order valence-corrected chi connectivity index (χ2v) is 4.41. The lowest BCUT2D eigenvalue weighted by atomic mass is 10.1. The summed E-state index contributed by atoms with van der Waals surface area (Å²) in [6.07, 6.45) is 1.71. The van der Waals surface area contributed by atoms with Gasteiger partial charge in [-0.15, -0.1) is 0 Å². The molecule has 0 fully saturated rings. The van der Waals surface area contributed by atoms with Gasteiger partial charge >= 0.3 is 0 Å². The van der Waals surface area contributed by atoms with Crippen molar-refractivity contribution in [3.8, 4) is 0 Å². The van der Waals surface area contributed by atoms with E-state index in [-0.39, 0.29) is 17.9 Å². The van der Waals surface area contributed by atoms with Crippen LogP contribution in [0.5, 0.6) is 0 Å². The summed E-state index contributed by atoms with van der Waals surface area (Å²) in [5, 5.41) is 0.713. The third kappa shape index (κ3) is 3.05. The lowest BCUT2D eigenvalue weighted by Gasteiger charge is -2.03. The molecule has 0 N–H and O–H groups in total. The SMILES string of the molecule is O=C(Cc1ccccc1)c1ncc(Cl)cc1Cl. The van der Waals surface area contributed by atoms with Gasteiger partial charge in [0.15, 0.2) is 5.78 Å². The number of rotatable bonds is 3. The molecular formula is C13H9Cl2NO. The molecule has 17 heavy (non-hydrogen) atoms. The minimum atomic E-state index is -0.113. The molecule has 0 aliphatic carbocycles. The Morgan fingerprint density at radius 2 is 1.88 bits per heavy atom. The van der Waals surface area contributed by atoms with E-state index in [4.69, 9.17) is 23.2 Å². The summed E-state index contributed by atoms with van der Waals surface area (Å²) in [5.74, 6) is -0.113. The Labute approximate surface area is 109 Å². The highest BCUT2D eigenvalue weighted by Crippen LogP contribution is 2.19. The number of Topliss-reactive ketones (excluding diaryl/α,β-unsaturated/α-hetero) is 1. The maximum absolute atomic E-state index is 12.0. The maximum atomic E-state index is 12.0.